The Kier molecular flexibility index (Phi) is 7.52. The lowest BCUT2D eigenvalue weighted by Gasteiger charge is -2.09. The van der Waals surface area contributed by atoms with Gasteiger partial charge in [0, 0.05) is 10.8 Å². The molecule has 1 rings (SSSR count). The van der Waals surface area contributed by atoms with Gasteiger partial charge in [-0.2, -0.15) is 0 Å². The highest BCUT2D eigenvalue weighted by molar-refractivity contribution is 7.98. The monoisotopic (exact) mass is 258 g/mol. The quantitative estimate of drug-likeness (QED) is 0.383. The molecular formula is C13H19ClOS. The standard InChI is InChI=1S/C13H19ClOS/c1-16-13-9-5-4-8-12(13)15-11-7-3-2-6-10-14/h4-5,8-9H,2-3,6-7,10-11H2,1H3. The Morgan fingerprint density at radius 1 is 1.12 bits per heavy atom. The second-order valence-electron chi connectivity index (χ2n) is 3.60. The van der Waals surface area contributed by atoms with Crippen LogP contribution >= 0.6 is 23.4 Å². The normalized spacial score (nSPS) is 10.4. The second kappa shape index (κ2) is 8.77. The summed E-state index contributed by atoms with van der Waals surface area (Å²) in [5.74, 6) is 1.78. The molecule has 16 heavy (non-hydrogen) atoms. The van der Waals surface area contributed by atoms with Gasteiger partial charge in [-0.1, -0.05) is 25.0 Å². The zero-order valence-corrected chi connectivity index (χ0v) is 11.3. The molecule has 3 heteroatoms. The van der Waals surface area contributed by atoms with Crippen molar-refractivity contribution in [2.45, 2.75) is 30.6 Å². The number of rotatable bonds is 8. The van der Waals surface area contributed by atoms with E-state index in [4.69, 9.17) is 16.3 Å². The summed E-state index contributed by atoms with van der Waals surface area (Å²) in [6.07, 6.45) is 6.70. The third-order valence-corrected chi connectivity index (χ3v) is 3.40. The van der Waals surface area contributed by atoms with Gasteiger partial charge in [-0.05, 0) is 31.2 Å². The van der Waals surface area contributed by atoms with Crippen molar-refractivity contribution in [3.63, 3.8) is 0 Å². The lowest BCUT2D eigenvalue weighted by Crippen LogP contribution is -1.98. The molecule has 0 fully saturated rings. The first-order valence-corrected chi connectivity index (χ1v) is 7.46. The maximum absolute atomic E-state index is 5.75. The molecule has 0 amide bonds. The Labute approximate surface area is 108 Å². The minimum Gasteiger partial charge on any atom is -0.492 e. The number of unbranched alkanes of at least 4 members (excludes halogenated alkanes) is 3. The van der Waals surface area contributed by atoms with Crippen LogP contribution in [0.25, 0.3) is 0 Å². The fourth-order valence-corrected chi connectivity index (χ4v) is 2.20. The molecule has 0 aliphatic carbocycles. The predicted molar refractivity (Wildman–Crippen MR) is 72.9 cm³/mol. The van der Waals surface area contributed by atoms with Crippen molar-refractivity contribution in [1.29, 1.82) is 0 Å². The average molecular weight is 259 g/mol. The van der Waals surface area contributed by atoms with Gasteiger partial charge in [0.2, 0.25) is 0 Å². The smallest absolute Gasteiger partial charge is 0.132 e. The number of para-hydroxylation sites is 1. The molecule has 0 spiro atoms. The topological polar surface area (TPSA) is 9.23 Å². The highest BCUT2D eigenvalue weighted by Crippen LogP contribution is 2.26. The molecule has 1 aromatic carbocycles. The molecule has 0 atom stereocenters. The lowest BCUT2D eigenvalue weighted by molar-refractivity contribution is 0.298. The Hall–Kier alpha value is -0.340. The largest absolute Gasteiger partial charge is 0.492 e. The van der Waals surface area contributed by atoms with Gasteiger partial charge in [0.05, 0.1) is 6.61 Å². The number of thioether (sulfide) groups is 1. The molecule has 0 heterocycles. The molecule has 90 valence electrons. The SMILES string of the molecule is CSc1ccccc1OCCCCCCCl. The maximum atomic E-state index is 5.75. The van der Waals surface area contributed by atoms with Gasteiger partial charge in [-0.25, -0.2) is 0 Å². The Morgan fingerprint density at radius 2 is 1.88 bits per heavy atom. The Morgan fingerprint density at radius 3 is 2.62 bits per heavy atom. The summed E-state index contributed by atoms with van der Waals surface area (Å²) < 4.78 is 5.75. The van der Waals surface area contributed by atoms with Crippen molar-refractivity contribution in [3.8, 4) is 5.75 Å². The molecule has 1 nitrogen and oxygen atoms in total. The van der Waals surface area contributed by atoms with E-state index in [0.717, 1.165) is 31.1 Å². The fraction of sp³-hybridized carbons (Fsp3) is 0.538. The number of ether oxygens (including phenoxy) is 1. The van der Waals surface area contributed by atoms with E-state index in [1.54, 1.807) is 11.8 Å². The summed E-state index contributed by atoms with van der Waals surface area (Å²) in [5.41, 5.74) is 0. The minimum atomic E-state index is 0.774. The molecule has 0 bridgehead atoms. The van der Waals surface area contributed by atoms with Crippen LogP contribution in [0, 0.1) is 0 Å². The molecule has 0 N–H and O–H groups in total. The zero-order chi connectivity index (χ0) is 11.6. The highest BCUT2D eigenvalue weighted by atomic mass is 35.5. The van der Waals surface area contributed by atoms with Crippen molar-refractivity contribution < 1.29 is 4.74 Å². The number of halogens is 1. The lowest BCUT2D eigenvalue weighted by atomic mass is 10.2. The van der Waals surface area contributed by atoms with E-state index in [1.807, 2.05) is 18.2 Å². The molecule has 0 aliphatic heterocycles. The first kappa shape index (κ1) is 13.7. The number of hydrogen-bond donors (Lipinski definition) is 0. The van der Waals surface area contributed by atoms with E-state index >= 15 is 0 Å². The minimum absolute atomic E-state index is 0.774. The fourth-order valence-electron chi connectivity index (χ4n) is 1.47. The summed E-state index contributed by atoms with van der Waals surface area (Å²) in [5, 5.41) is 0. The molecule has 0 aromatic heterocycles. The van der Waals surface area contributed by atoms with Gasteiger partial charge in [-0.15, -0.1) is 23.4 Å². The van der Waals surface area contributed by atoms with E-state index in [-0.39, 0.29) is 0 Å². The van der Waals surface area contributed by atoms with E-state index < -0.39 is 0 Å². The second-order valence-corrected chi connectivity index (χ2v) is 4.83. The summed E-state index contributed by atoms with van der Waals surface area (Å²) >= 11 is 7.34. The van der Waals surface area contributed by atoms with Crippen molar-refractivity contribution >= 4 is 23.4 Å². The van der Waals surface area contributed by atoms with Gasteiger partial charge < -0.3 is 4.74 Å². The van der Waals surface area contributed by atoms with Crippen molar-refractivity contribution in [2.24, 2.45) is 0 Å². The Balaban J connectivity index is 2.21. The van der Waals surface area contributed by atoms with Crippen LogP contribution in [0.5, 0.6) is 5.75 Å². The van der Waals surface area contributed by atoms with Crippen LogP contribution in [0.15, 0.2) is 29.2 Å². The average Bonchev–Trinajstić information content (AvgIpc) is 2.34. The van der Waals surface area contributed by atoms with Crippen LogP contribution < -0.4 is 4.74 Å². The highest BCUT2D eigenvalue weighted by Gasteiger charge is 2.00. The summed E-state index contributed by atoms with van der Waals surface area (Å²) in [7, 11) is 0. The van der Waals surface area contributed by atoms with Crippen molar-refractivity contribution in [1.82, 2.24) is 0 Å². The third kappa shape index (κ3) is 5.13. The van der Waals surface area contributed by atoms with E-state index in [0.29, 0.717) is 0 Å². The first-order chi connectivity index (χ1) is 7.88. The van der Waals surface area contributed by atoms with Crippen LogP contribution in [0.4, 0.5) is 0 Å². The molecule has 0 saturated carbocycles. The van der Waals surface area contributed by atoms with Gasteiger partial charge >= 0.3 is 0 Å². The number of alkyl halides is 1. The summed E-state index contributed by atoms with van der Waals surface area (Å²) in [6, 6.07) is 8.18. The first-order valence-electron chi connectivity index (χ1n) is 5.70. The third-order valence-electron chi connectivity index (χ3n) is 2.35. The van der Waals surface area contributed by atoms with Crippen LogP contribution in [-0.4, -0.2) is 18.7 Å². The van der Waals surface area contributed by atoms with Crippen LogP contribution in [0.1, 0.15) is 25.7 Å². The van der Waals surface area contributed by atoms with E-state index in [2.05, 4.69) is 12.3 Å². The molecule has 0 aliphatic rings. The van der Waals surface area contributed by atoms with Gasteiger partial charge in [-0.3, -0.25) is 0 Å². The number of hydrogen-bond acceptors (Lipinski definition) is 2. The zero-order valence-electron chi connectivity index (χ0n) is 9.75. The van der Waals surface area contributed by atoms with E-state index in [9.17, 15) is 0 Å². The summed E-state index contributed by atoms with van der Waals surface area (Å²) in [6.45, 7) is 0.805. The van der Waals surface area contributed by atoms with Crippen LogP contribution in [0.2, 0.25) is 0 Å². The molecule has 0 unspecified atom stereocenters. The molecule has 0 radical (unpaired) electrons. The van der Waals surface area contributed by atoms with Crippen LogP contribution in [0.3, 0.4) is 0 Å². The van der Waals surface area contributed by atoms with E-state index in [1.165, 1.54) is 17.7 Å². The maximum Gasteiger partial charge on any atom is 0.132 e. The summed E-state index contributed by atoms with van der Waals surface area (Å²) in [4.78, 5) is 1.21. The molecule has 1 aromatic rings. The van der Waals surface area contributed by atoms with Crippen LogP contribution in [-0.2, 0) is 0 Å². The van der Waals surface area contributed by atoms with Gasteiger partial charge in [0.15, 0.2) is 0 Å². The number of benzene rings is 1. The van der Waals surface area contributed by atoms with Gasteiger partial charge in [0.1, 0.15) is 5.75 Å². The predicted octanol–water partition coefficient (Wildman–Crippen LogP) is 4.59. The molecular weight excluding hydrogens is 240 g/mol. The van der Waals surface area contributed by atoms with Gasteiger partial charge in [0.25, 0.3) is 0 Å². The van der Waals surface area contributed by atoms with Crippen molar-refractivity contribution in [3.05, 3.63) is 24.3 Å². The van der Waals surface area contributed by atoms with Crippen molar-refractivity contribution in [2.75, 3.05) is 18.7 Å². The molecule has 0 saturated heterocycles. The Bertz CT molecular complexity index is 291.